The molecule has 47 heavy (non-hydrogen) atoms. The molecule has 7 heteroatoms. The highest BCUT2D eigenvalue weighted by atomic mass is 16.5. The number of ketones is 2. The van der Waals surface area contributed by atoms with Gasteiger partial charge in [0, 0.05) is 29.4 Å². The highest BCUT2D eigenvalue weighted by Gasteiger charge is 2.70. The molecule has 0 saturated carbocycles. The molecule has 3 aliphatic heterocycles. The second-order valence-electron chi connectivity index (χ2n) is 12.6. The van der Waals surface area contributed by atoms with Gasteiger partial charge in [-0.3, -0.25) is 19.2 Å². The first-order valence-corrected chi connectivity index (χ1v) is 16.3. The zero-order chi connectivity index (χ0) is 32.7. The first kappa shape index (κ1) is 30.4. The van der Waals surface area contributed by atoms with E-state index < -0.39 is 29.4 Å². The summed E-state index contributed by atoms with van der Waals surface area (Å²) in [6.45, 7) is 3.49. The molecule has 4 atom stereocenters. The molecular weight excluding hydrogens is 588 g/mol. The molecule has 7 rings (SSSR count). The van der Waals surface area contributed by atoms with Crippen molar-refractivity contribution in [2.45, 2.75) is 57.0 Å². The number of ether oxygens (including phenoxy) is 1. The third-order valence-corrected chi connectivity index (χ3v) is 9.80. The minimum atomic E-state index is -1.38. The fourth-order valence-corrected chi connectivity index (χ4v) is 7.74. The number of nitrogens with one attached hydrogen (secondary N) is 1. The predicted octanol–water partition coefficient (Wildman–Crippen LogP) is 7.20. The van der Waals surface area contributed by atoms with Crippen LogP contribution in [0.3, 0.4) is 0 Å². The molecule has 7 nitrogen and oxygen atoms in total. The lowest BCUT2D eigenvalue weighted by Crippen LogP contribution is -2.51. The van der Waals surface area contributed by atoms with Gasteiger partial charge in [-0.1, -0.05) is 92.6 Å². The molecule has 1 N–H and O–H groups in total. The van der Waals surface area contributed by atoms with Crippen LogP contribution < -0.4 is 15.0 Å². The lowest BCUT2D eigenvalue weighted by Gasteiger charge is -2.37. The number of esters is 1. The number of unbranched alkanes of at least 4 members (excludes halogenated alkanes) is 2. The highest BCUT2D eigenvalue weighted by molar-refractivity contribution is 6.18. The molecule has 1 saturated heterocycles. The standard InChI is InChI=1S/C40H36N2O5/c1-3-4-5-10-26-15-17-28(18-16-26)37(44)35-36(38(45)29-19-22-30(23-20-29)47-25(2)43)42-33-14-9-6-11-27(33)21-24-34(42)40(35)31-12-7-8-13-32(31)41-39(40)46/h6-9,11-24,34-36H,3-5,10H2,1-2H3,(H,41,46)/t34-,35+,36-,40-/m1/s1. The van der Waals surface area contributed by atoms with Gasteiger partial charge in [-0.15, -0.1) is 0 Å². The Balaban J connectivity index is 1.41. The van der Waals surface area contributed by atoms with Crippen LogP contribution in [0, 0.1) is 5.92 Å². The molecule has 3 heterocycles. The lowest BCUT2D eigenvalue weighted by molar-refractivity contribution is -0.131. The Morgan fingerprint density at radius 3 is 2.26 bits per heavy atom. The van der Waals surface area contributed by atoms with Gasteiger partial charge in [0.15, 0.2) is 11.6 Å². The third-order valence-electron chi connectivity index (χ3n) is 9.80. The van der Waals surface area contributed by atoms with Gasteiger partial charge >= 0.3 is 5.97 Å². The molecule has 0 bridgehead atoms. The van der Waals surface area contributed by atoms with E-state index in [1.54, 1.807) is 24.3 Å². The van der Waals surface area contributed by atoms with Crippen LogP contribution in [0.25, 0.3) is 6.08 Å². The summed E-state index contributed by atoms with van der Waals surface area (Å²) < 4.78 is 5.22. The minimum absolute atomic E-state index is 0.257. The Bertz CT molecular complexity index is 1910. The summed E-state index contributed by atoms with van der Waals surface area (Å²) in [7, 11) is 0. The monoisotopic (exact) mass is 624 g/mol. The molecular formula is C40H36N2O5. The molecule has 3 aliphatic rings. The van der Waals surface area contributed by atoms with Gasteiger partial charge in [-0.2, -0.15) is 0 Å². The Hall–Kier alpha value is -5.30. The fraction of sp³-hybridized carbons (Fsp3) is 0.250. The number of carbonyl (C=O) groups is 4. The fourth-order valence-electron chi connectivity index (χ4n) is 7.74. The molecule has 0 aromatic heterocycles. The molecule has 1 spiro atoms. The molecule has 4 aromatic rings. The smallest absolute Gasteiger partial charge is 0.308 e. The van der Waals surface area contributed by atoms with Crippen molar-refractivity contribution < 1.29 is 23.9 Å². The molecule has 1 fully saturated rings. The predicted molar refractivity (Wildman–Crippen MR) is 182 cm³/mol. The summed E-state index contributed by atoms with van der Waals surface area (Å²) in [5.41, 5.74) is 3.62. The number of hydrogen-bond acceptors (Lipinski definition) is 6. The number of fused-ring (bicyclic) bond motifs is 6. The second kappa shape index (κ2) is 12.1. The quantitative estimate of drug-likeness (QED) is 0.0917. The number of anilines is 2. The molecule has 0 radical (unpaired) electrons. The van der Waals surface area contributed by atoms with Crippen LogP contribution in [0.4, 0.5) is 11.4 Å². The maximum absolute atomic E-state index is 15.1. The zero-order valence-corrected chi connectivity index (χ0v) is 26.4. The van der Waals surface area contributed by atoms with Crippen molar-refractivity contribution in [2.75, 3.05) is 10.2 Å². The van der Waals surface area contributed by atoms with Crippen LogP contribution in [-0.2, 0) is 21.4 Å². The van der Waals surface area contributed by atoms with Crippen molar-refractivity contribution >= 4 is 40.9 Å². The van der Waals surface area contributed by atoms with Gasteiger partial charge in [-0.05, 0) is 65.9 Å². The summed E-state index contributed by atoms with van der Waals surface area (Å²) in [6, 6.07) is 27.6. The van der Waals surface area contributed by atoms with Crippen LogP contribution in [-0.4, -0.2) is 35.5 Å². The zero-order valence-electron chi connectivity index (χ0n) is 26.4. The number of Topliss-reactive ketones (excluding diaryl/α,β-unsaturated/α-hetero) is 2. The first-order valence-electron chi connectivity index (χ1n) is 16.3. The summed E-state index contributed by atoms with van der Waals surface area (Å²) >= 11 is 0. The summed E-state index contributed by atoms with van der Waals surface area (Å²) in [5.74, 6) is -2.05. The average Bonchev–Trinajstić information content (AvgIpc) is 3.56. The van der Waals surface area contributed by atoms with Crippen molar-refractivity contribution in [3.05, 3.63) is 131 Å². The summed E-state index contributed by atoms with van der Waals surface area (Å²) in [5, 5.41) is 3.07. The van der Waals surface area contributed by atoms with Crippen LogP contribution in [0.5, 0.6) is 5.75 Å². The van der Waals surface area contributed by atoms with E-state index in [4.69, 9.17) is 4.74 Å². The molecule has 0 aliphatic carbocycles. The van der Waals surface area contributed by atoms with Gasteiger partial charge in [0.1, 0.15) is 17.2 Å². The van der Waals surface area contributed by atoms with Crippen molar-refractivity contribution in [3.8, 4) is 5.75 Å². The van der Waals surface area contributed by atoms with E-state index in [0.29, 0.717) is 28.1 Å². The van der Waals surface area contributed by atoms with Gasteiger partial charge in [0.2, 0.25) is 5.91 Å². The maximum Gasteiger partial charge on any atom is 0.308 e. The summed E-state index contributed by atoms with van der Waals surface area (Å²) in [4.78, 5) is 58.0. The molecule has 236 valence electrons. The Morgan fingerprint density at radius 1 is 0.830 bits per heavy atom. The van der Waals surface area contributed by atoms with Gasteiger partial charge in [0.25, 0.3) is 0 Å². The number of carbonyl (C=O) groups excluding carboxylic acids is 4. The van der Waals surface area contributed by atoms with E-state index in [1.165, 1.54) is 6.92 Å². The third kappa shape index (κ3) is 4.97. The number of aryl methyl sites for hydroxylation is 1. The van der Waals surface area contributed by atoms with Gasteiger partial charge in [-0.25, -0.2) is 0 Å². The number of rotatable bonds is 9. The van der Waals surface area contributed by atoms with Gasteiger partial charge < -0.3 is 15.0 Å². The minimum Gasteiger partial charge on any atom is -0.427 e. The average molecular weight is 625 g/mol. The SMILES string of the molecule is CCCCCc1ccc(C(=O)[C@@H]2[C@H](C(=O)c3ccc(OC(C)=O)cc3)N3c4ccccc4C=C[C@@H]3[C@@]23C(=O)Nc2ccccc23)cc1. The van der Waals surface area contributed by atoms with E-state index in [0.717, 1.165) is 42.5 Å². The largest absolute Gasteiger partial charge is 0.427 e. The Labute approximate surface area is 274 Å². The summed E-state index contributed by atoms with van der Waals surface area (Å²) in [6.07, 6.45) is 8.21. The van der Waals surface area contributed by atoms with Crippen molar-refractivity contribution in [3.63, 3.8) is 0 Å². The second-order valence-corrected chi connectivity index (χ2v) is 12.6. The maximum atomic E-state index is 15.1. The van der Waals surface area contributed by atoms with E-state index in [9.17, 15) is 14.4 Å². The number of hydrogen-bond donors (Lipinski definition) is 1. The Kier molecular flexibility index (Phi) is 7.84. The topological polar surface area (TPSA) is 92.8 Å². The van der Waals surface area contributed by atoms with Crippen molar-refractivity contribution in [1.29, 1.82) is 0 Å². The Morgan fingerprint density at radius 2 is 1.51 bits per heavy atom. The molecule has 4 aromatic carbocycles. The van der Waals surface area contributed by atoms with Crippen LogP contribution in [0.1, 0.15) is 70.5 Å². The normalized spacial score (nSPS) is 22.0. The number of para-hydroxylation sites is 2. The van der Waals surface area contributed by atoms with Crippen LogP contribution in [0.15, 0.2) is 103 Å². The van der Waals surface area contributed by atoms with Crippen LogP contribution >= 0.6 is 0 Å². The van der Waals surface area contributed by atoms with Crippen LogP contribution in [0.2, 0.25) is 0 Å². The molecule has 0 unspecified atom stereocenters. The van der Waals surface area contributed by atoms with E-state index in [2.05, 4.69) is 12.2 Å². The lowest BCUT2D eigenvalue weighted by atomic mass is 9.64. The molecule has 1 amide bonds. The van der Waals surface area contributed by atoms with Crippen molar-refractivity contribution in [1.82, 2.24) is 0 Å². The number of amides is 1. The van der Waals surface area contributed by atoms with E-state index >= 15 is 4.79 Å². The first-order chi connectivity index (χ1) is 22.8. The van der Waals surface area contributed by atoms with Gasteiger partial charge in [0.05, 0.1) is 12.0 Å². The highest BCUT2D eigenvalue weighted by Crippen LogP contribution is 2.58. The van der Waals surface area contributed by atoms with E-state index in [1.807, 2.05) is 89.8 Å². The van der Waals surface area contributed by atoms with E-state index in [-0.39, 0.29) is 17.5 Å². The number of benzene rings is 4. The van der Waals surface area contributed by atoms with Crippen molar-refractivity contribution in [2.24, 2.45) is 5.92 Å². The number of nitrogens with zero attached hydrogens (tertiary/aromatic N) is 1.